The van der Waals surface area contributed by atoms with Gasteiger partial charge in [0, 0.05) is 18.4 Å². The van der Waals surface area contributed by atoms with E-state index in [-0.39, 0.29) is 27.9 Å². The lowest BCUT2D eigenvalue weighted by atomic mass is 9.81. The maximum atomic E-state index is 11.9. The van der Waals surface area contributed by atoms with Gasteiger partial charge in [-0.2, -0.15) is 0 Å². The second kappa shape index (κ2) is 10.9. The van der Waals surface area contributed by atoms with Gasteiger partial charge in [-0.3, -0.25) is 0 Å². The van der Waals surface area contributed by atoms with Crippen LogP contribution in [0.5, 0.6) is 11.5 Å². The van der Waals surface area contributed by atoms with Gasteiger partial charge in [-0.1, -0.05) is 94.6 Å². The summed E-state index contributed by atoms with van der Waals surface area (Å²) in [5, 5.41) is 32.3. The van der Waals surface area contributed by atoms with Gasteiger partial charge in [0.1, 0.15) is 11.5 Å². The van der Waals surface area contributed by atoms with Crippen LogP contribution in [0.25, 0.3) is 6.08 Å². The third-order valence-electron chi connectivity index (χ3n) is 7.24. The zero-order chi connectivity index (χ0) is 29.4. The van der Waals surface area contributed by atoms with Crippen LogP contribution in [0.15, 0.2) is 42.0 Å². The Kier molecular flexibility index (Phi) is 8.40. The highest BCUT2D eigenvalue weighted by Gasteiger charge is 2.24. The third kappa shape index (κ3) is 6.92. The SMILES string of the molecule is CC(=Cc1c(Cc2cc(C)cc(C(C)(C)C)c2O)cc(C)cc1Cc1cc(C)cc(C(C)(C)C)c1O)C(=O)O. The standard InChI is InChI=1S/C35H44O4/c1-20-11-24(18-26-13-21(2)15-29(31(26)36)34(5,6)7)28(17-23(4)33(38)39)25(12-20)19-27-14-22(3)16-30(32(27)37)35(8,9)10/h11-17,36-37H,18-19H2,1-10H3,(H,38,39). The number of hydrogen-bond acceptors (Lipinski definition) is 3. The number of phenolic OH excluding ortho intramolecular Hbond substituents is 2. The fourth-order valence-corrected chi connectivity index (χ4v) is 5.24. The molecule has 3 aromatic carbocycles. The average Bonchev–Trinajstić information content (AvgIpc) is 2.78. The number of aromatic hydroxyl groups is 2. The first-order valence-corrected chi connectivity index (χ1v) is 13.6. The largest absolute Gasteiger partial charge is 0.507 e. The molecule has 0 saturated heterocycles. The van der Waals surface area contributed by atoms with Crippen LogP contribution < -0.4 is 0 Å². The second-order valence-corrected chi connectivity index (χ2v) is 13.1. The molecule has 0 amide bonds. The van der Waals surface area contributed by atoms with Crippen LogP contribution in [0.1, 0.15) is 104 Å². The Morgan fingerprint density at radius 1 is 0.667 bits per heavy atom. The number of aryl methyl sites for hydroxylation is 3. The first kappa shape index (κ1) is 30.0. The Balaban J connectivity index is 2.26. The molecular weight excluding hydrogens is 484 g/mol. The molecule has 208 valence electrons. The topological polar surface area (TPSA) is 77.8 Å². The maximum absolute atomic E-state index is 11.9. The molecule has 4 heteroatoms. The Bertz CT molecular complexity index is 1350. The fourth-order valence-electron chi connectivity index (χ4n) is 5.24. The van der Waals surface area contributed by atoms with Gasteiger partial charge in [0.05, 0.1) is 0 Å². The molecular formula is C35H44O4. The van der Waals surface area contributed by atoms with Crippen LogP contribution in [0.3, 0.4) is 0 Å². The third-order valence-corrected chi connectivity index (χ3v) is 7.24. The molecule has 3 N–H and O–H groups in total. The van der Waals surface area contributed by atoms with E-state index in [1.54, 1.807) is 13.0 Å². The first-order valence-electron chi connectivity index (χ1n) is 13.6. The molecule has 0 aliphatic carbocycles. The van der Waals surface area contributed by atoms with Crippen LogP contribution in [0, 0.1) is 20.8 Å². The van der Waals surface area contributed by atoms with Crippen LogP contribution in [-0.4, -0.2) is 21.3 Å². The molecule has 0 aliphatic rings. The highest BCUT2D eigenvalue weighted by Crippen LogP contribution is 2.38. The smallest absolute Gasteiger partial charge is 0.331 e. The normalized spacial score (nSPS) is 12.6. The van der Waals surface area contributed by atoms with Crippen molar-refractivity contribution in [3.05, 3.63) is 97.6 Å². The van der Waals surface area contributed by atoms with E-state index in [0.29, 0.717) is 12.8 Å². The Hall–Kier alpha value is -3.53. The lowest BCUT2D eigenvalue weighted by molar-refractivity contribution is -0.132. The zero-order valence-corrected chi connectivity index (χ0v) is 25.2. The highest BCUT2D eigenvalue weighted by atomic mass is 16.4. The molecule has 0 spiro atoms. The van der Waals surface area contributed by atoms with Crippen LogP contribution >= 0.6 is 0 Å². The average molecular weight is 529 g/mol. The van der Waals surface area contributed by atoms with Crippen molar-refractivity contribution in [1.29, 1.82) is 0 Å². The number of rotatable bonds is 6. The monoisotopic (exact) mass is 528 g/mol. The fraction of sp³-hybridized carbons (Fsp3) is 0.400. The number of aliphatic carboxylic acids is 1. The van der Waals surface area contributed by atoms with Gasteiger partial charge in [0.2, 0.25) is 0 Å². The minimum Gasteiger partial charge on any atom is -0.507 e. The molecule has 0 radical (unpaired) electrons. The maximum Gasteiger partial charge on any atom is 0.331 e. The Morgan fingerprint density at radius 2 is 1.00 bits per heavy atom. The lowest BCUT2D eigenvalue weighted by Crippen LogP contribution is -2.13. The van der Waals surface area contributed by atoms with Crippen LogP contribution in [-0.2, 0) is 28.5 Å². The summed E-state index contributed by atoms with van der Waals surface area (Å²) in [5.41, 5.74) is 9.06. The minimum atomic E-state index is -0.977. The van der Waals surface area contributed by atoms with Crippen molar-refractivity contribution in [1.82, 2.24) is 0 Å². The number of carboxylic acids is 1. The van der Waals surface area contributed by atoms with Gasteiger partial charge < -0.3 is 15.3 Å². The molecule has 0 aliphatic heterocycles. The summed E-state index contributed by atoms with van der Waals surface area (Å²) >= 11 is 0. The molecule has 0 fully saturated rings. The van der Waals surface area contributed by atoms with E-state index in [2.05, 4.69) is 53.7 Å². The number of benzene rings is 3. The summed E-state index contributed by atoms with van der Waals surface area (Å²) in [6.07, 6.45) is 2.63. The van der Waals surface area contributed by atoms with Gasteiger partial charge in [0.25, 0.3) is 0 Å². The summed E-state index contributed by atoms with van der Waals surface area (Å²) in [4.78, 5) is 11.9. The molecule has 0 unspecified atom stereocenters. The zero-order valence-electron chi connectivity index (χ0n) is 25.2. The predicted molar refractivity (Wildman–Crippen MR) is 161 cm³/mol. The van der Waals surface area contributed by atoms with Crippen molar-refractivity contribution < 1.29 is 20.1 Å². The molecule has 3 rings (SSSR count). The van der Waals surface area contributed by atoms with Crippen molar-refractivity contribution in [2.75, 3.05) is 0 Å². The molecule has 0 heterocycles. The highest BCUT2D eigenvalue weighted by molar-refractivity contribution is 5.92. The molecule has 0 aromatic heterocycles. The van der Waals surface area contributed by atoms with Crippen molar-refractivity contribution in [2.24, 2.45) is 0 Å². The summed E-state index contributed by atoms with van der Waals surface area (Å²) < 4.78 is 0. The number of carboxylic acid groups (broad SMARTS) is 1. The van der Waals surface area contributed by atoms with E-state index in [0.717, 1.165) is 55.6 Å². The van der Waals surface area contributed by atoms with Gasteiger partial charge in [-0.15, -0.1) is 0 Å². The molecule has 3 aromatic rings. The van der Waals surface area contributed by atoms with E-state index >= 15 is 0 Å². The van der Waals surface area contributed by atoms with E-state index in [1.807, 2.05) is 45.0 Å². The number of phenols is 2. The molecule has 0 bridgehead atoms. The minimum absolute atomic E-state index is 0.224. The van der Waals surface area contributed by atoms with E-state index in [9.17, 15) is 20.1 Å². The van der Waals surface area contributed by atoms with Crippen LogP contribution in [0.4, 0.5) is 0 Å². The van der Waals surface area contributed by atoms with Crippen molar-refractivity contribution in [3.8, 4) is 11.5 Å². The molecule has 0 atom stereocenters. The van der Waals surface area contributed by atoms with Crippen molar-refractivity contribution in [3.63, 3.8) is 0 Å². The van der Waals surface area contributed by atoms with Gasteiger partial charge in [-0.25, -0.2) is 4.79 Å². The summed E-state index contributed by atoms with van der Waals surface area (Å²) in [5.74, 6) is -0.409. The van der Waals surface area contributed by atoms with Gasteiger partial charge in [0.15, 0.2) is 0 Å². The summed E-state index contributed by atoms with van der Waals surface area (Å²) in [6, 6.07) is 12.2. The van der Waals surface area contributed by atoms with Gasteiger partial charge in [-0.05, 0) is 83.5 Å². The predicted octanol–water partition coefficient (Wildman–Crippen LogP) is 8.29. The Labute approximate surface area is 234 Å². The molecule has 0 saturated carbocycles. The number of hydrogen-bond donors (Lipinski definition) is 3. The van der Waals surface area contributed by atoms with E-state index < -0.39 is 5.97 Å². The Morgan fingerprint density at radius 3 is 1.33 bits per heavy atom. The van der Waals surface area contributed by atoms with Crippen LogP contribution in [0.2, 0.25) is 0 Å². The van der Waals surface area contributed by atoms with E-state index in [1.165, 1.54) is 0 Å². The van der Waals surface area contributed by atoms with E-state index in [4.69, 9.17) is 0 Å². The van der Waals surface area contributed by atoms with Crippen molar-refractivity contribution >= 4 is 12.0 Å². The molecule has 39 heavy (non-hydrogen) atoms. The first-order chi connectivity index (χ1) is 17.9. The molecule has 4 nitrogen and oxygen atoms in total. The lowest BCUT2D eigenvalue weighted by Gasteiger charge is -2.24. The van der Waals surface area contributed by atoms with Gasteiger partial charge >= 0.3 is 5.97 Å². The quantitative estimate of drug-likeness (QED) is 0.281. The summed E-state index contributed by atoms with van der Waals surface area (Å²) in [6.45, 7) is 20.2. The van der Waals surface area contributed by atoms with Crippen molar-refractivity contribution in [2.45, 2.75) is 92.9 Å². The second-order valence-electron chi connectivity index (χ2n) is 13.1. The number of carbonyl (C=O) groups is 1. The summed E-state index contributed by atoms with van der Waals surface area (Å²) in [7, 11) is 0.